The van der Waals surface area contributed by atoms with E-state index in [9.17, 15) is 9.59 Å². The SMILES string of the molecule is CC(C)(C)c1cnc(C(=O)NC2CCCCNC2=O)o1. The lowest BCUT2D eigenvalue weighted by molar-refractivity contribution is -0.122. The Morgan fingerprint density at radius 3 is 2.85 bits per heavy atom. The van der Waals surface area contributed by atoms with Crippen LogP contribution in [-0.2, 0) is 10.2 Å². The zero-order chi connectivity index (χ0) is 14.8. The first-order valence-electron chi connectivity index (χ1n) is 6.93. The predicted octanol–water partition coefficient (Wildman–Crippen LogP) is 1.37. The van der Waals surface area contributed by atoms with Crippen molar-refractivity contribution in [3.63, 3.8) is 0 Å². The Bertz CT molecular complexity index is 502. The van der Waals surface area contributed by atoms with Crippen LogP contribution >= 0.6 is 0 Å². The Morgan fingerprint density at radius 2 is 2.20 bits per heavy atom. The van der Waals surface area contributed by atoms with Crippen LogP contribution in [0, 0.1) is 0 Å². The number of nitrogens with one attached hydrogen (secondary N) is 2. The Balaban J connectivity index is 2.04. The van der Waals surface area contributed by atoms with E-state index < -0.39 is 11.9 Å². The van der Waals surface area contributed by atoms with Gasteiger partial charge in [0, 0.05) is 12.0 Å². The number of oxazole rings is 1. The fourth-order valence-electron chi connectivity index (χ4n) is 2.02. The average molecular weight is 279 g/mol. The number of hydrogen-bond donors (Lipinski definition) is 2. The summed E-state index contributed by atoms with van der Waals surface area (Å²) >= 11 is 0. The topological polar surface area (TPSA) is 84.2 Å². The summed E-state index contributed by atoms with van der Waals surface area (Å²) in [6.07, 6.45) is 4.04. The van der Waals surface area contributed by atoms with E-state index >= 15 is 0 Å². The Labute approximate surface area is 118 Å². The molecule has 0 spiro atoms. The highest BCUT2D eigenvalue weighted by Crippen LogP contribution is 2.22. The zero-order valence-electron chi connectivity index (χ0n) is 12.2. The number of nitrogens with zero attached hydrogens (tertiary/aromatic N) is 1. The second-order valence-electron chi connectivity index (χ2n) is 6.09. The molecule has 1 aliphatic heterocycles. The number of carbonyl (C=O) groups is 2. The van der Waals surface area contributed by atoms with Crippen LogP contribution in [0.25, 0.3) is 0 Å². The molecule has 0 aromatic carbocycles. The molecule has 2 heterocycles. The molecule has 0 aliphatic carbocycles. The number of amides is 2. The van der Waals surface area contributed by atoms with Crippen molar-refractivity contribution in [2.45, 2.75) is 51.5 Å². The Morgan fingerprint density at radius 1 is 1.45 bits per heavy atom. The molecule has 2 amide bonds. The van der Waals surface area contributed by atoms with Crippen LogP contribution in [0.1, 0.15) is 56.5 Å². The molecule has 1 aromatic heterocycles. The highest BCUT2D eigenvalue weighted by Gasteiger charge is 2.26. The van der Waals surface area contributed by atoms with Gasteiger partial charge in [0.25, 0.3) is 5.89 Å². The van der Waals surface area contributed by atoms with Crippen molar-refractivity contribution in [2.24, 2.45) is 0 Å². The largest absolute Gasteiger partial charge is 0.437 e. The molecule has 20 heavy (non-hydrogen) atoms. The molecule has 110 valence electrons. The second-order valence-corrected chi connectivity index (χ2v) is 6.09. The van der Waals surface area contributed by atoms with E-state index in [4.69, 9.17) is 4.42 Å². The van der Waals surface area contributed by atoms with Gasteiger partial charge in [-0.2, -0.15) is 0 Å². The summed E-state index contributed by atoms with van der Waals surface area (Å²) < 4.78 is 5.46. The van der Waals surface area contributed by atoms with Crippen LogP contribution in [0.2, 0.25) is 0 Å². The predicted molar refractivity (Wildman–Crippen MR) is 73.3 cm³/mol. The minimum absolute atomic E-state index is 0.00646. The van der Waals surface area contributed by atoms with Crippen molar-refractivity contribution in [1.29, 1.82) is 0 Å². The lowest BCUT2D eigenvalue weighted by Gasteiger charge is -2.14. The molecule has 0 saturated carbocycles. The van der Waals surface area contributed by atoms with Gasteiger partial charge in [-0.3, -0.25) is 9.59 Å². The van der Waals surface area contributed by atoms with Crippen molar-refractivity contribution in [3.8, 4) is 0 Å². The Kier molecular flexibility index (Phi) is 4.11. The third-order valence-electron chi connectivity index (χ3n) is 3.28. The summed E-state index contributed by atoms with van der Waals surface area (Å²) in [5.74, 6) is 0.0703. The summed E-state index contributed by atoms with van der Waals surface area (Å²) in [6.45, 7) is 6.61. The minimum atomic E-state index is -0.505. The van der Waals surface area contributed by atoms with Crippen molar-refractivity contribution in [1.82, 2.24) is 15.6 Å². The number of aromatic nitrogens is 1. The van der Waals surface area contributed by atoms with Crippen molar-refractivity contribution >= 4 is 11.8 Å². The first-order chi connectivity index (χ1) is 9.38. The summed E-state index contributed by atoms with van der Waals surface area (Å²) in [7, 11) is 0. The number of carbonyl (C=O) groups excluding carboxylic acids is 2. The van der Waals surface area contributed by atoms with Gasteiger partial charge >= 0.3 is 5.91 Å². The molecule has 1 aromatic rings. The van der Waals surface area contributed by atoms with E-state index in [0.717, 1.165) is 12.8 Å². The van der Waals surface area contributed by atoms with Crippen LogP contribution in [0.15, 0.2) is 10.6 Å². The van der Waals surface area contributed by atoms with E-state index in [1.807, 2.05) is 20.8 Å². The van der Waals surface area contributed by atoms with Gasteiger partial charge in [-0.15, -0.1) is 0 Å². The molecule has 0 bridgehead atoms. The van der Waals surface area contributed by atoms with Gasteiger partial charge in [0.2, 0.25) is 5.91 Å². The van der Waals surface area contributed by atoms with E-state index in [2.05, 4.69) is 15.6 Å². The van der Waals surface area contributed by atoms with Crippen LogP contribution in [-0.4, -0.2) is 29.4 Å². The molecule has 1 aliphatic rings. The molecule has 1 unspecified atom stereocenters. The van der Waals surface area contributed by atoms with E-state index in [1.54, 1.807) is 6.20 Å². The molecular weight excluding hydrogens is 258 g/mol. The third-order valence-corrected chi connectivity index (χ3v) is 3.28. The van der Waals surface area contributed by atoms with E-state index in [-0.39, 0.29) is 17.2 Å². The lowest BCUT2D eigenvalue weighted by Crippen LogP contribution is -2.45. The summed E-state index contributed by atoms with van der Waals surface area (Å²) in [5.41, 5.74) is -0.203. The Hall–Kier alpha value is -1.85. The molecule has 1 fully saturated rings. The lowest BCUT2D eigenvalue weighted by atomic mass is 9.94. The van der Waals surface area contributed by atoms with Crippen molar-refractivity contribution < 1.29 is 14.0 Å². The van der Waals surface area contributed by atoms with Crippen LogP contribution in [0.5, 0.6) is 0 Å². The van der Waals surface area contributed by atoms with Gasteiger partial charge < -0.3 is 15.1 Å². The van der Waals surface area contributed by atoms with Gasteiger partial charge in [0.05, 0.1) is 6.20 Å². The molecule has 2 rings (SSSR count). The molecule has 1 atom stereocenters. The highest BCUT2D eigenvalue weighted by atomic mass is 16.4. The van der Waals surface area contributed by atoms with Gasteiger partial charge in [-0.1, -0.05) is 20.8 Å². The van der Waals surface area contributed by atoms with Gasteiger partial charge in [-0.25, -0.2) is 4.98 Å². The van der Waals surface area contributed by atoms with E-state index in [0.29, 0.717) is 18.7 Å². The van der Waals surface area contributed by atoms with Crippen LogP contribution < -0.4 is 10.6 Å². The highest BCUT2D eigenvalue weighted by molar-refractivity contribution is 5.94. The standard InChI is InChI=1S/C14H21N3O3/c1-14(2,3)10-8-16-13(20-10)12(19)17-9-6-4-5-7-15-11(9)18/h8-9H,4-7H2,1-3H3,(H,15,18)(H,17,19). The maximum Gasteiger partial charge on any atom is 0.307 e. The fourth-order valence-corrected chi connectivity index (χ4v) is 2.02. The molecule has 0 radical (unpaired) electrons. The normalized spacial score (nSPS) is 20.1. The third kappa shape index (κ3) is 3.37. The molecule has 1 saturated heterocycles. The maximum atomic E-state index is 12.1. The number of rotatable bonds is 2. The van der Waals surface area contributed by atoms with Crippen LogP contribution in [0.4, 0.5) is 0 Å². The van der Waals surface area contributed by atoms with Gasteiger partial charge in [0.1, 0.15) is 11.8 Å². The zero-order valence-corrected chi connectivity index (χ0v) is 12.2. The fraction of sp³-hybridized carbons (Fsp3) is 0.643. The first-order valence-corrected chi connectivity index (χ1v) is 6.93. The smallest absolute Gasteiger partial charge is 0.307 e. The van der Waals surface area contributed by atoms with Crippen molar-refractivity contribution in [3.05, 3.63) is 17.8 Å². The maximum absolute atomic E-state index is 12.1. The van der Waals surface area contributed by atoms with E-state index in [1.165, 1.54) is 0 Å². The van der Waals surface area contributed by atoms with Crippen molar-refractivity contribution in [2.75, 3.05) is 6.54 Å². The van der Waals surface area contributed by atoms with Crippen LogP contribution in [0.3, 0.4) is 0 Å². The first kappa shape index (κ1) is 14.6. The summed E-state index contributed by atoms with van der Waals surface area (Å²) in [6, 6.07) is -0.505. The summed E-state index contributed by atoms with van der Waals surface area (Å²) in [5, 5.41) is 5.46. The molecular formula is C14H21N3O3. The van der Waals surface area contributed by atoms with Gasteiger partial charge in [-0.05, 0) is 19.3 Å². The minimum Gasteiger partial charge on any atom is -0.437 e. The quantitative estimate of drug-likeness (QED) is 0.856. The molecule has 2 N–H and O–H groups in total. The molecule has 6 nitrogen and oxygen atoms in total. The molecule has 6 heteroatoms. The second kappa shape index (κ2) is 5.64. The average Bonchev–Trinajstić information content (AvgIpc) is 2.78. The number of hydrogen-bond acceptors (Lipinski definition) is 4. The monoisotopic (exact) mass is 279 g/mol. The summed E-state index contributed by atoms with van der Waals surface area (Å²) in [4.78, 5) is 27.8. The van der Waals surface area contributed by atoms with Gasteiger partial charge in [0.15, 0.2) is 0 Å².